The summed E-state index contributed by atoms with van der Waals surface area (Å²) in [6.45, 7) is 0. The molecule has 0 amide bonds. The van der Waals surface area contributed by atoms with Crippen LogP contribution < -0.4 is 0 Å². The van der Waals surface area contributed by atoms with Gasteiger partial charge in [0.15, 0.2) is 0 Å². The van der Waals surface area contributed by atoms with E-state index in [-0.39, 0.29) is 5.56 Å². The van der Waals surface area contributed by atoms with Gasteiger partial charge in [-0.1, -0.05) is 36.4 Å². The zero-order valence-corrected chi connectivity index (χ0v) is 11.4. The molecule has 19 heavy (non-hydrogen) atoms. The highest BCUT2D eigenvalue weighted by Crippen LogP contribution is 2.37. The Labute approximate surface area is 117 Å². The fraction of sp³-hybridized carbons (Fsp3) is 0.133. The fourth-order valence-electron chi connectivity index (χ4n) is 2.45. The molecular formula is C15H9BrF2O. The SMILES string of the molecule is O=C(c1ccc2c(c1)Cc1ccccc1-2)C(F)(F)Br. The van der Waals surface area contributed by atoms with Gasteiger partial charge < -0.3 is 0 Å². The molecule has 4 heteroatoms. The molecule has 0 saturated carbocycles. The van der Waals surface area contributed by atoms with E-state index in [1.54, 1.807) is 12.1 Å². The molecule has 0 spiro atoms. The number of halogens is 3. The summed E-state index contributed by atoms with van der Waals surface area (Å²) in [7, 11) is 0. The molecule has 96 valence electrons. The molecular weight excluding hydrogens is 314 g/mol. The van der Waals surface area contributed by atoms with Gasteiger partial charge in [0, 0.05) is 5.56 Å². The zero-order chi connectivity index (χ0) is 13.6. The average molecular weight is 323 g/mol. The minimum absolute atomic E-state index is 0.0356. The Bertz CT molecular complexity index is 674. The Kier molecular flexibility index (Phi) is 2.78. The highest BCUT2D eigenvalue weighted by atomic mass is 79.9. The van der Waals surface area contributed by atoms with Crippen LogP contribution in [0.15, 0.2) is 42.5 Å². The van der Waals surface area contributed by atoms with Crippen molar-refractivity contribution in [3.63, 3.8) is 0 Å². The lowest BCUT2D eigenvalue weighted by molar-refractivity contribution is 0.0592. The topological polar surface area (TPSA) is 17.1 Å². The Balaban J connectivity index is 2.05. The summed E-state index contributed by atoms with van der Waals surface area (Å²) >= 11 is 2.11. The van der Waals surface area contributed by atoms with E-state index < -0.39 is 10.6 Å². The van der Waals surface area contributed by atoms with Crippen LogP contribution >= 0.6 is 15.9 Å². The van der Waals surface area contributed by atoms with E-state index in [1.165, 1.54) is 6.07 Å². The first-order valence-electron chi connectivity index (χ1n) is 5.79. The highest BCUT2D eigenvalue weighted by Gasteiger charge is 2.36. The molecule has 2 aromatic rings. The van der Waals surface area contributed by atoms with Crippen LogP contribution in [0, 0.1) is 0 Å². The van der Waals surface area contributed by atoms with E-state index in [2.05, 4.69) is 15.9 Å². The number of hydrogen-bond acceptors (Lipinski definition) is 1. The van der Waals surface area contributed by atoms with Crippen molar-refractivity contribution in [1.82, 2.24) is 0 Å². The number of Topliss-reactive ketones (excluding diaryl/α,β-unsaturated/α-hetero) is 1. The number of carbonyl (C=O) groups excluding carboxylic acids is 1. The van der Waals surface area contributed by atoms with Crippen LogP contribution in [0.4, 0.5) is 8.78 Å². The summed E-state index contributed by atoms with van der Waals surface area (Å²) in [6, 6.07) is 12.7. The molecule has 0 radical (unpaired) electrons. The van der Waals surface area contributed by atoms with Gasteiger partial charge in [0.05, 0.1) is 0 Å². The van der Waals surface area contributed by atoms with Gasteiger partial charge in [0.25, 0.3) is 0 Å². The van der Waals surface area contributed by atoms with Gasteiger partial charge in [-0.2, -0.15) is 8.78 Å². The predicted octanol–water partition coefficient (Wildman–Crippen LogP) is 4.43. The van der Waals surface area contributed by atoms with Crippen LogP contribution in [0.25, 0.3) is 11.1 Å². The van der Waals surface area contributed by atoms with Gasteiger partial charge in [-0.05, 0) is 50.7 Å². The monoisotopic (exact) mass is 322 g/mol. The quantitative estimate of drug-likeness (QED) is 0.504. The van der Waals surface area contributed by atoms with E-state index >= 15 is 0 Å². The normalized spacial score (nSPS) is 13.0. The van der Waals surface area contributed by atoms with Crippen LogP contribution in [0.2, 0.25) is 0 Å². The van der Waals surface area contributed by atoms with E-state index in [9.17, 15) is 13.6 Å². The van der Waals surface area contributed by atoms with Crippen molar-refractivity contribution in [1.29, 1.82) is 0 Å². The van der Waals surface area contributed by atoms with Crippen molar-refractivity contribution < 1.29 is 13.6 Å². The third-order valence-corrected chi connectivity index (χ3v) is 3.67. The molecule has 3 rings (SSSR count). The molecule has 1 nitrogen and oxygen atoms in total. The molecule has 0 aliphatic heterocycles. The van der Waals surface area contributed by atoms with Gasteiger partial charge in [-0.15, -0.1) is 0 Å². The van der Waals surface area contributed by atoms with Crippen LogP contribution in [0.5, 0.6) is 0 Å². The Morgan fingerprint density at radius 1 is 1.05 bits per heavy atom. The highest BCUT2D eigenvalue weighted by molar-refractivity contribution is 9.10. The van der Waals surface area contributed by atoms with Crippen molar-refractivity contribution in [3.05, 3.63) is 59.2 Å². The van der Waals surface area contributed by atoms with E-state index in [1.807, 2.05) is 24.3 Å². The first-order valence-corrected chi connectivity index (χ1v) is 6.59. The number of ketones is 1. The largest absolute Gasteiger partial charge is 0.363 e. The maximum absolute atomic E-state index is 13.0. The number of fused-ring (bicyclic) bond motifs is 3. The maximum Gasteiger partial charge on any atom is 0.363 e. The van der Waals surface area contributed by atoms with Crippen LogP contribution in [0.1, 0.15) is 21.5 Å². The summed E-state index contributed by atoms with van der Waals surface area (Å²) in [5.41, 5.74) is 4.25. The lowest BCUT2D eigenvalue weighted by atomic mass is 10.0. The number of hydrogen-bond donors (Lipinski definition) is 0. The van der Waals surface area contributed by atoms with E-state index in [0.29, 0.717) is 6.42 Å². The van der Waals surface area contributed by atoms with E-state index in [4.69, 9.17) is 0 Å². The first kappa shape index (κ1) is 12.5. The summed E-state index contributed by atoms with van der Waals surface area (Å²) in [5.74, 6) is -1.20. The van der Waals surface area contributed by atoms with Gasteiger partial charge in [0.1, 0.15) is 0 Å². The Hall–Kier alpha value is -1.55. The molecule has 0 heterocycles. The van der Waals surface area contributed by atoms with Gasteiger partial charge in [-0.3, -0.25) is 4.79 Å². The second-order valence-electron chi connectivity index (χ2n) is 4.53. The molecule has 0 aromatic heterocycles. The standard InChI is InChI=1S/C15H9BrF2O/c16-15(17,18)14(19)10-5-6-13-11(8-10)7-9-3-1-2-4-12(9)13/h1-6,8H,7H2. The summed E-state index contributed by atoms with van der Waals surface area (Å²) in [5, 5.41) is 0. The molecule has 0 unspecified atom stereocenters. The van der Waals surface area contributed by atoms with Crippen LogP contribution in [0.3, 0.4) is 0 Å². The smallest absolute Gasteiger partial charge is 0.286 e. The number of benzene rings is 2. The lowest BCUT2D eigenvalue weighted by Crippen LogP contribution is -2.20. The van der Waals surface area contributed by atoms with Gasteiger partial charge >= 0.3 is 4.83 Å². The molecule has 0 bridgehead atoms. The first-order chi connectivity index (χ1) is 8.97. The molecule has 0 fully saturated rings. The summed E-state index contributed by atoms with van der Waals surface area (Å²) < 4.78 is 26.0. The molecule has 0 atom stereocenters. The molecule has 1 aliphatic carbocycles. The van der Waals surface area contributed by atoms with Crippen molar-refractivity contribution >= 4 is 21.7 Å². The second kappa shape index (κ2) is 4.23. The molecule has 0 N–H and O–H groups in total. The van der Waals surface area contributed by atoms with Crippen molar-refractivity contribution in [2.24, 2.45) is 0 Å². The third kappa shape index (κ3) is 2.10. The predicted molar refractivity (Wildman–Crippen MR) is 72.9 cm³/mol. The number of carbonyl (C=O) groups is 1. The Morgan fingerprint density at radius 2 is 1.74 bits per heavy atom. The van der Waals surface area contributed by atoms with Crippen LogP contribution in [-0.2, 0) is 6.42 Å². The summed E-state index contributed by atoms with van der Waals surface area (Å²) in [6.07, 6.45) is 0.681. The minimum Gasteiger partial charge on any atom is -0.286 e. The van der Waals surface area contributed by atoms with Crippen LogP contribution in [-0.4, -0.2) is 10.6 Å². The fourth-order valence-corrected chi connectivity index (χ4v) is 2.68. The zero-order valence-electron chi connectivity index (χ0n) is 9.79. The van der Waals surface area contributed by atoms with Gasteiger partial charge in [0.2, 0.25) is 5.78 Å². The van der Waals surface area contributed by atoms with E-state index in [0.717, 1.165) is 22.3 Å². The van der Waals surface area contributed by atoms with Crippen molar-refractivity contribution in [2.45, 2.75) is 11.3 Å². The van der Waals surface area contributed by atoms with Gasteiger partial charge in [-0.25, -0.2) is 0 Å². The Morgan fingerprint density at radius 3 is 2.47 bits per heavy atom. The van der Waals surface area contributed by atoms with Crippen molar-refractivity contribution in [3.8, 4) is 11.1 Å². The minimum atomic E-state index is -3.51. The lowest BCUT2D eigenvalue weighted by Gasteiger charge is -2.08. The molecule has 0 saturated heterocycles. The third-order valence-electron chi connectivity index (χ3n) is 3.31. The number of rotatable bonds is 2. The molecule has 2 aromatic carbocycles. The number of alkyl halides is 3. The summed E-state index contributed by atoms with van der Waals surface area (Å²) in [4.78, 5) is 8.03. The average Bonchev–Trinajstić information content (AvgIpc) is 2.74. The second-order valence-corrected chi connectivity index (χ2v) is 5.53. The molecule has 1 aliphatic rings. The van der Waals surface area contributed by atoms with Crippen molar-refractivity contribution in [2.75, 3.05) is 0 Å². The maximum atomic E-state index is 13.0.